The molecule has 0 atom stereocenters. The van der Waals surface area contributed by atoms with E-state index in [1.54, 1.807) is 0 Å². The van der Waals surface area contributed by atoms with E-state index in [-0.39, 0.29) is 15.7 Å². The molecule has 0 bridgehead atoms. The van der Waals surface area contributed by atoms with Gasteiger partial charge in [0.05, 0.1) is 5.69 Å². The number of nitrogen functional groups attached to an aromatic ring is 1. The summed E-state index contributed by atoms with van der Waals surface area (Å²) in [5.41, 5.74) is 6.82. The summed E-state index contributed by atoms with van der Waals surface area (Å²) >= 11 is 1.01. The number of sulfonamides is 1. The number of benzene rings is 1. The minimum Gasteiger partial charge on any atom is -0.398 e. The fraction of sp³-hybridized carbons (Fsp3) is 0. The van der Waals surface area contributed by atoms with E-state index in [1.165, 1.54) is 11.6 Å². The van der Waals surface area contributed by atoms with E-state index in [1.807, 2.05) is 0 Å². The Balaban J connectivity index is 2.41. The Morgan fingerprint density at radius 3 is 2.82 bits per heavy atom. The van der Waals surface area contributed by atoms with Crippen LogP contribution in [0.2, 0.25) is 0 Å². The SMILES string of the molecule is Nc1ccc(F)cc1S(=O)(=O)Nc1nncs1. The molecule has 0 aliphatic carbocycles. The summed E-state index contributed by atoms with van der Waals surface area (Å²) in [4.78, 5) is -0.326. The van der Waals surface area contributed by atoms with Crippen LogP contribution in [0.25, 0.3) is 0 Å². The van der Waals surface area contributed by atoms with Crippen LogP contribution in [0.4, 0.5) is 15.2 Å². The second-order valence-electron chi connectivity index (χ2n) is 3.03. The predicted molar refractivity (Wildman–Crippen MR) is 61.5 cm³/mol. The van der Waals surface area contributed by atoms with Gasteiger partial charge in [-0.15, -0.1) is 10.2 Å². The minimum atomic E-state index is -3.94. The van der Waals surface area contributed by atoms with E-state index < -0.39 is 15.8 Å². The highest BCUT2D eigenvalue weighted by Crippen LogP contribution is 2.22. The molecule has 1 aromatic heterocycles. The molecule has 0 fully saturated rings. The van der Waals surface area contributed by atoms with Crippen LogP contribution in [-0.4, -0.2) is 18.6 Å². The standard InChI is InChI=1S/C8H7FN4O2S2/c9-5-1-2-6(10)7(3-5)17(14,15)13-8-12-11-4-16-8/h1-4H,10H2,(H,12,13). The fourth-order valence-electron chi connectivity index (χ4n) is 1.13. The molecule has 17 heavy (non-hydrogen) atoms. The van der Waals surface area contributed by atoms with Gasteiger partial charge in [-0.1, -0.05) is 11.3 Å². The average Bonchev–Trinajstić information content (AvgIpc) is 2.73. The molecule has 0 saturated heterocycles. The Bertz CT molecular complexity index is 627. The minimum absolute atomic E-state index is 0.0385. The van der Waals surface area contributed by atoms with Gasteiger partial charge in [-0.3, -0.25) is 4.72 Å². The molecule has 0 amide bonds. The van der Waals surface area contributed by atoms with Crippen molar-refractivity contribution in [1.29, 1.82) is 0 Å². The number of halogens is 1. The van der Waals surface area contributed by atoms with Gasteiger partial charge < -0.3 is 5.73 Å². The molecule has 9 heteroatoms. The molecule has 2 aromatic rings. The number of nitrogens with zero attached hydrogens (tertiary/aromatic N) is 2. The predicted octanol–water partition coefficient (Wildman–Crippen LogP) is 1.06. The summed E-state index contributed by atoms with van der Waals surface area (Å²) < 4.78 is 38.8. The normalized spacial score (nSPS) is 11.4. The van der Waals surface area contributed by atoms with Gasteiger partial charge in [-0.2, -0.15) is 0 Å². The van der Waals surface area contributed by atoms with E-state index >= 15 is 0 Å². The number of hydrogen-bond donors (Lipinski definition) is 2. The lowest BCUT2D eigenvalue weighted by Gasteiger charge is -2.07. The van der Waals surface area contributed by atoms with Crippen LogP contribution in [0.1, 0.15) is 0 Å². The monoisotopic (exact) mass is 274 g/mol. The Labute approximate surface area is 100 Å². The summed E-state index contributed by atoms with van der Waals surface area (Å²) in [7, 11) is -3.94. The third kappa shape index (κ3) is 2.50. The van der Waals surface area contributed by atoms with Crippen LogP contribution in [0.15, 0.2) is 28.6 Å². The number of hydrogen-bond acceptors (Lipinski definition) is 6. The van der Waals surface area contributed by atoms with E-state index in [9.17, 15) is 12.8 Å². The van der Waals surface area contributed by atoms with Gasteiger partial charge in [0.25, 0.3) is 10.0 Å². The Kier molecular flexibility index (Phi) is 2.94. The van der Waals surface area contributed by atoms with Crippen LogP contribution in [0, 0.1) is 5.82 Å². The van der Waals surface area contributed by atoms with Crippen molar-refractivity contribution in [3.05, 3.63) is 29.5 Å². The zero-order chi connectivity index (χ0) is 12.5. The van der Waals surface area contributed by atoms with Gasteiger partial charge in [0.1, 0.15) is 16.2 Å². The van der Waals surface area contributed by atoms with Crippen molar-refractivity contribution in [2.75, 3.05) is 10.5 Å². The first-order chi connectivity index (χ1) is 7.99. The van der Waals surface area contributed by atoms with Crippen molar-refractivity contribution in [3.8, 4) is 0 Å². The van der Waals surface area contributed by atoms with Crippen molar-refractivity contribution in [2.24, 2.45) is 0 Å². The number of anilines is 2. The summed E-state index contributed by atoms with van der Waals surface area (Å²) in [6, 6.07) is 3.11. The highest BCUT2D eigenvalue weighted by molar-refractivity contribution is 7.93. The van der Waals surface area contributed by atoms with Crippen LogP contribution in [0.5, 0.6) is 0 Å². The highest BCUT2D eigenvalue weighted by Gasteiger charge is 2.19. The molecule has 90 valence electrons. The average molecular weight is 274 g/mol. The topological polar surface area (TPSA) is 98.0 Å². The van der Waals surface area contributed by atoms with Gasteiger partial charge in [-0.25, -0.2) is 12.8 Å². The van der Waals surface area contributed by atoms with Gasteiger partial charge in [0.2, 0.25) is 5.13 Å². The number of nitrogens with one attached hydrogen (secondary N) is 1. The van der Waals surface area contributed by atoms with Crippen molar-refractivity contribution in [3.63, 3.8) is 0 Å². The zero-order valence-corrected chi connectivity index (χ0v) is 9.93. The van der Waals surface area contributed by atoms with E-state index in [0.29, 0.717) is 0 Å². The third-order valence-corrected chi connectivity index (χ3v) is 3.98. The maximum atomic E-state index is 13.0. The maximum Gasteiger partial charge on any atom is 0.265 e. The Morgan fingerprint density at radius 1 is 1.41 bits per heavy atom. The molecule has 0 radical (unpaired) electrons. The number of nitrogens with two attached hydrogens (primary N) is 1. The molecule has 1 aromatic carbocycles. The van der Waals surface area contributed by atoms with Gasteiger partial charge in [0, 0.05) is 0 Å². The maximum absolute atomic E-state index is 13.0. The second-order valence-corrected chi connectivity index (χ2v) is 5.52. The third-order valence-electron chi connectivity index (χ3n) is 1.85. The van der Waals surface area contributed by atoms with E-state index in [4.69, 9.17) is 5.73 Å². The first-order valence-electron chi connectivity index (χ1n) is 4.33. The quantitative estimate of drug-likeness (QED) is 0.815. The molecular weight excluding hydrogens is 267 g/mol. The number of rotatable bonds is 3. The largest absolute Gasteiger partial charge is 0.398 e. The number of aromatic nitrogens is 2. The zero-order valence-electron chi connectivity index (χ0n) is 8.29. The summed E-state index contributed by atoms with van der Waals surface area (Å²) in [5.74, 6) is -0.683. The smallest absolute Gasteiger partial charge is 0.265 e. The molecule has 6 nitrogen and oxygen atoms in total. The van der Waals surface area contributed by atoms with Crippen LogP contribution < -0.4 is 10.5 Å². The molecule has 1 heterocycles. The lowest BCUT2D eigenvalue weighted by molar-refractivity contribution is 0.596. The summed E-state index contributed by atoms with van der Waals surface area (Å²) in [6.45, 7) is 0. The second kappa shape index (κ2) is 4.26. The molecule has 0 spiro atoms. The van der Waals surface area contributed by atoms with Crippen molar-refractivity contribution >= 4 is 32.2 Å². The summed E-state index contributed by atoms with van der Waals surface area (Å²) in [6.07, 6.45) is 0. The van der Waals surface area contributed by atoms with Crippen LogP contribution >= 0.6 is 11.3 Å². The lowest BCUT2D eigenvalue weighted by Crippen LogP contribution is -2.15. The molecule has 3 N–H and O–H groups in total. The van der Waals surface area contributed by atoms with Crippen molar-refractivity contribution in [2.45, 2.75) is 4.90 Å². The van der Waals surface area contributed by atoms with Gasteiger partial charge in [0.15, 0.2) is 0 Å². The molecule has 0 aliphatic heterocycles. The molecular formula is C8H7FN4O2S2. The molecule has 0 unspecified atom stereocenters. The van der Waals surface area contributed by atoms with Crippen molar-refractivity contribution < 1.29 is 12.8 Å². The van der Waals surface area contributed by atoms with Gasteiger partial charge in [-0.05, 0) is 18.2 Å². The lowest BCUT2D eigenvalue weighted by atomic mass is 10.3. The molecule has 0 saturated carbocycles. The fourth-order valence-corrected chi connectivity index (χ4v) is 2.97. The molecule has 0 aliphatic rings. The first kappa shape index (κ1) is 11.7. The Morgan fingerprint density at radius 2 is 2.18 bits per heavy atom. The van der Waals surface area contributed by atoms with E-state index in [2.05, 4.69) is 14.9 Å². The highest BCUT2D eigenvalue weighted by atomic mass is 32.2. The molecule has 2 rings (SSSR count). The Hall–Kier alpha value is -1.74. The van der Waals surface area contributed by atoms with Crippen molar-refractivity contribution in [1.82, 2.24) is 10.2 Å². The van der Waals surface area contributed by atoms with Crippen LogP contribution in [0.3, 0.4) is 0 Å². The van der Waals surface area contributed by atoms with Crippen LogP contribution in [-0.2, 0) is 10.0 Å². The first-order valence-corrected chi connectivity index (χ1v) is 6.69. The van der Waals surface area contributed by atoms with E-state index in [0.717, 1.165) is 23.5 Å². The summed E-state index contributed by atoms with van der Waals surface area (Å²) in [5, 5.41) is 7.09. The van der Waals surface area contributed by atoms with Gasteiger partial charge >= 0.3 is 0 Å².